The molecule has 30 heavy (non-hydrogen) atoms. The molecule has 3 N–H and O–H groups in total. The number of H-pyrrole nitrogens is 2. The molecule has 3 aromatic rings. The van der Waals surface area contributed by atoms with E-state index in [0.29, 0.717) is 17.1 Å². The number of fused-ring (bicyclic) bond motifs is 1. The molecule has 0 saturated carbocycles. The topological polar surface area (TPSA) is 83.7 Å². The van der Waals surface area contributed by atoms with Crippen LogP contribution in [0.3, 0.4) is 0 Å². The summed E-state index contributed by atoms with van der Waals surface area (Å²) in [7, 11) is 6.74. The van der Waals surface area contributed by atoms with Crippen LogP contribution in [0.4, 0.5) is 5.69 Å². The lowest BCUT2D eigenvalue weighted by Gasteiger charge is -2.15. The van der Waals surface area contributed by atoms with Gasteiger partial charge < -0.3 is 29.5 Å². The standard InChI is InChI=1S/C21H22N4O3S2/c1-22-18-16(12-6-5-7-23-19(12)29)14(26-2)9-11-8-13(25-17(11)18)20-24-10-15(30-20)21(27-3)28-4/h5-9,22,25H,10H2,1-4H3,(H,23,29). The van der Waals surface area contributed by atoms with Gasteiger partial charge in [-0.1, -0.05) is 24.0 Å². The van der Waals surface area contributed by atoms with Gasteiger partial charge in [-0.15, -0.1) is 0 Å². The smallest absolute Gasteiger partial charge is 0.290 e. The summed E-state index contributed by atoms with van der Waals surface area (Å²) in [6.45, 7) is 0.527. The van der Waals surface area contributed by atoms with Crippen molar-refractivity contribution in [3.8, 4) is 16.9 Å². The first kappa shape index (κ1) is 20.4. The largest absolute Gasteiger partial charge is 0.496 e. The number of anilines is 1. The predicted octanol–water partition coefficient (Wildman–Crippen LogP) is 4.90. The van der Waals surface area contributed by atoms with Crippen LogP contribution in [-0.4, -0.2) is 49.9 Å². The van der Waals surface area contributed by atoms with Crippen molar-refractivity contribution in [1.29, 1.82) is 0 Å². The van der Waals surface area contributed by atoms with E-state index in [1.54, 1.807) is 21.3 Å². The van der Waals surface area contributed by atoms with Gasteiger partial charge in [-0.05, 0) is 24.3 Å². The zero-order chi connectivity index (χ0) is 21.3. The van der Waals surface area contributed by atoms with Gasteiger partial charge in [0.05, 0.1) is 55.2 Å². The van der Waals surface area contributed by atoms with Gasteiger partial charge >= 0.3 is 0 Å². The quantitative estimate of drug-likeness (QED) is 0.372. The molecule has 7 nitrogen and oxygen atoms in total. The van der Waals surface area contributed by atoms with E-state index in [-0.39, 0.29) is 0 Å². The Labute approximate surface area is 183 Å². The van der Waals surface area contributed by atoms with Crippen LogP contribution < -0.4 is 10.1 Å². The first-order chi connectivity index (χ1) is 14.6. The number of hydrogen-bond donors (Lipinski definition) is 3. The molecule has 0 spiro atoms. The van der Waals surface area contributed by atoms with Crippen molar-refractivity contribution in [3.63, 3.8) is 0 Å². The van der Waals surface area contributed by atoms with Gasteiger partial charge in [0.1, 0.15) is 15.4 Å². The lowest BCUT2D eigenvalue weighted by molar-refractivity contribution is 0.0934. The zero-order valence-electron chi connectivity index (χ0n) is 17.1. The van der Waals surface area contributed by atoms with Gasteiger partial charge in [0.25, 0.3) is 5.95 Å². The highest BCUT2D eigenvalue weighted by molar-refractivity contribution is 8.18. The first-order valence-electron chi connectivity index (χ1n) is 9.24. The fourth-order valence-corrected chi connectivity index (χ4v) is 4.75. The minimum absolute atomic E-state index is 0.494. The minimum atomic E-state index is 0.494. The number of hydrogen-bond acceptors (Lipinski definition) is 7. The van der Waals surface area contributed by atoms with E-state index >= 15 is 0 Å². The molecule has 0 atom stereocenters. The molecular weight excluding hydrogens is 420 g/mol. The molecule has 3 heterocycles. The number of pyridine rings is 1. The highest BCUT2D eigenvalue weighted by atomic mass is 32.2. The molecule has 0 unspecified atom stereocenters. The number of aromatic nitrogens is 2. The van der Waals surface area contributed by atoms with E-state index in [4.69, 9.17) is 26.4 Å². The maximum absolute atomic E-state index is 5.73. The molecule has 4 rings (SSSR count). The lowest BCUT2D eigenvalue weighted by Crippen LogP contribution is -1.98. The van der Waals surface area contributed by atoms with Crippen molar-refractivity contribution in [1.82, 2.24) is 9.97 Å². The normalized spacial score (nSPS) is 13.3. The molecule has 0 bridgehead atoms. The average molecular weight is 443 g/mol. The van der Waals surface area contributed by atoms with E-state index in [0.717, 1.165) is 49.1 Å². The van der Waals surface area contributed by atoms with E-state index < -0.39 is 0 Å². The molecule has 9 heteroatoms. The lowest BCUT2D eigenvalue weighted by atomic mass is 10.0. The molecule has 0 saturated heterocycles. The Hall–Kier alpha value is -2.91. The van der Waals surface area contributed by atoms with Crippen LogP contribution in [-0.2, 0) is 9.47 Å². The molecule has 2 aromatic heterocycles. The number of nitrogens with zero attached hydrogens (tertiary/aromatic N) is 1. The maximum atomic E-state index is 5.73. The van der Waals surface area contributed by atoms with E-state index in [1.807, 2.05) is 31.4 Å². The molecule has 0 fully saturated rings. The van der Waals surface area contributed by atoms with Crippen LogP contribution in [0.1, 0.15) is 5.69 Å². The summed E-state index contributed by atoms with van der Waals surface area (Å²) < 4.78 is 16.9. The van der Waals surface area contributed by atoms with Crippen molar-refractivity contribution < 1.29 is 14.2 Å². The number of ether oxygens (including phenoxy) is 3. The fourth-order valence-electron chi connectivity index (χ4n) is 3.55. The van der Waals surface area contributed by atoms with Crippen molar-refractivity contribution >= 4 is 45.6 Å². The monoisotopic (exact) mass is 442 g/mol. The van der Waals surface area contributed by atoms with Gasteiger partial charge in [0, 0.05) is 24.2 Å². The second-order valence-corrected chi connectivity index (χ2v) is 7.97. The molecule has 1 aliphatic rings. The Balaban J connectivity index is 1.86. The summed E-state index contributed by atoms with van der Waals surface area (Å²) in [5, 5.41) is 5.22. The van der Waals surface area contributed by atoms with Crippen molar-refractivity contribution in [3.05, 3.63) is 51.6 Å². The van der Waals surface area contributed by atoms with E-state index in [1.165, 1.54) is 11.8 Å². The number of nitrogens with one attached hydrogen (secondary N) is 3. The van der Waals surface area contributed by atoms with Crippen LogP contribution in [0.25, 0.3) is 22.0 Å². The molecule has 156 valence electrons. The summed E-state index contributed by atoms with van der Waals surface area (Å²) in [5.74, 6) is 1.23. The summed E-state index contributed by atoms with van der Waals surface area (Å²) in [6.07, 6.45) is 1.82. The van der Waals surface area contributed by atoms with E-state index in [2.05, 4.69) is 26.3 Å². The second-order valence-electron chi connectivity index (χ2n) is 6.48. The van der Waals surface area contributed by atoms with Gasteiger partial charge in [-0.25, -0.2) is 0 Å². The first-order valence-corrected chi connectivity index (χ1v) is 10.5. The molecule has 0 radical (unpaired) electrons. The van der Waals surface area contributed by atoms with Crippen LogP contribution in [0.5, 0.6) is 5.75 Å². The maximum Gasteiger partial charge on any atom is 0.290 e. The number of benzene rings is 1. The Morgan fingerprint density at radius 1 is 1.23 bits per heavy atom. The third kappa shape index (κ3) is 3.44. The number of rotatable bonds is 6. The fraction of sp³-hybridized carbons (Fsp3) is 0.238. The molecule has 0 amide bonds. The number of thioether (sulfide) groups is 1. The van der Waals surface area contributed by atoms with Crippen LogP contribution in [0.2, 0.25) is 0 Å². The highest BCUT2D eigenvalue weighted by Gasteiger charge is 2.24. The van der Waals surface area contributed by atoms with Gasteiger partial charge in [0.15, 0.2) is 0 Å². The molecular formula is C21H22N4O3S2. The molecule has 1 aromatic carbocycles. The van der Waals surface area contributed by atoms with Crippen LogP contribution >= 0.6 is 24.0 Å². The van der Waals surface area contributed by atoms with Crippen molar-refractivity contribution in [2.75, 3.05) is 40.2 Å². The number of aliphatic imine (C=N–C) groups is 1. The summed E-state index contributed by atoms with van der Waals surface area (Å²) >= 11 is 7.06. The second kappa shape index (κ2) is 8.45. The van der Waals surface area contributed by atoms with Crippen molar-refractivity contribution in [2.24, 2.45) is 4.99 Å². The predicted molar refractivity (Wildman–Crippen MR) is 125 cm³/mol. The highest BCUT2D eigenvalue weighted by Crippen LogP contribution is 2.43. The van der Waals surface area contributed by atoms with Gasteiger partial charge in [-0.3, -0.25) is 4.99 Å². The summed E-state index contributed by atoms with van der Waals surface area (Å²) in [5.41, 5.74) is 4.60. The van der Waals surface area contributed by atoms with Crippen molar-refractivity contribution in [2.45, 2.75) is 0 Å². The molecule has 0 aliphatic carbocycles. The zero-order valence-corrected chi connectivity index (χ0v) is 18.7. The van der Waals surface area contributed by atoms with Gasteiger partial charge in [0.2, 0.25) is 0 Å². The minimum Gasteiger partial charge on any atom is -0.496 e. The summed E-state index contributed by atoms with van der Waals surface area (Å²) in [6, 6.07) is 8.00. The Bertz CT molecular complexity index is 1220. The summed E-state index contributed by atoms with van der Waals surface area (Å²) in [4.78, 5) is 12.2. The Kier molecular flexibility index (Phi) is 5.74. The van der Waals surface area contributed by atoms with Crippen LogP contribution in [0.15, 0.2) is 46.3 Å². The average Bonchev–Trinajstić information content (AvgIpc) is 3.41. The third-order valence-electron chi connectivity index (χ3n) is 4.85. The Morgan fingerprint density at radius 2 is 2.03 bits per heavy atom. The van der Waals surface area contributed by atoms with Gasteiger partial charge in [-0.2, -0.15) is 0 Å². The van der Waals surface area contributed by atoms with E-state index in [9.17, 15) is 0 Å². The SMILES string of the molecule is CNc1c(-c2ccc[nH]c2=S)c(OC)cc2cc(C3=NCC(=C(OC)OC)S3)[nH]c12. The number of aromatic amines is 2. The Morgan fingerprint density at radius 3 is 2.70 bits per heavy atom. The third-order valence-corrected chi connectivity index (χ3v) is 6.28. The molecule has 1 aliphatic heterocycles. The van der Waals surface area contributed by atoms with Crippen LogP contribution in [0, 0.1) is 4.64 Å². The number of methoxy groups -OCH3 is 3.